The van der Waals surface area contributed by atoms with Gasteiger partial charge in [0.2, 0.25) is 0 Å². The van der Waals surface area contributed by atoms with Crippen molar-refractivity contribution in [1.82, 2.24) is 0 Å². The van der Waals surface area contributed by atoms with Crippen molar-refractivity contribution in [2.75, 3.05) is 6.16 Å². The fourth-order valence-corrected chi connectivity index (χ4v) is 4.30. The maximum absolute atomic E-state index is 2.30. The minimum absolute atomic E-state index is 1.12. The molecule has 0 saturated carbocycles. The van der Waals surface area contributed by atoms with Gasteiger partial charge in [-0.3, -0.25) is 0 Å². The number of hydrogen-bond donors (Lipinski definition) is 0. The van der Waals surface area contributed by atoms with Crippen LogP contribution in [0.2, 0.25) is 0 Å². The zero-order valence-corrected chi connectivity index (χ0v) is 16.5. The SMILES string of the molecule is CCCCCCCCCCCCCCCPCc1ccccc1. The highest BCUT2D eigenvalue weighted by Crippen LogP contribution is 2.20. The van der Waals surface area contributed by atoms with E-state index in [1.165, 1.54) is 101 Å². The number of benzene rings is 1. The van der Waals surface area contributed by atoms with Gasteiger partial charge < -0.3 is 0 Å². The van der Waals surface area contributed by atoms with Crippen molar-refractivity contribution in [3.05, 3.63) is 35.9 Å². The Morgan fingerprint density at radius 1 is 0.609 bits per heavy atom. The topological polar surface area (TPSA) is 0 Å². The molecule has 0 heterocycles. The van der Waals surface area contributed by atoms with Crippen molar-refractivity contribution >= 4 is 8.58 Å². The first-order chi connectivity index (χ1) is 11.4. The summed E-state index contributed by atoms with van der Waals surface area (Å²) in [5.41, 5.74) is 1.51. The largest absolute Gasteiger partial charge is 0.118 e. The molecule has 0 nitrogen and oxygen atoms in total. The summed E-state index contributed by atoms with van der Waals surface area (Å²) in [4.78, 5) is 0. The van der Waals surface area contributed by atoms with E-state index in [0.717, 1.165) is 8.58 Å². The zero-order chi connectivity index (χ0) is 16.4. The second-order valence-electron chi connectivity index (χ2n) is 6.91. The average molecular weight is 335 g/mol. The second kappa shape index (κ2) is 16.5. The summed E-state index contributed by atoms with van der Waals surface area (Å²) in [7, 11) is 1.12. The van der Waals surface area contributed by atoms with E-state index in [1.54, 1.807) is 0 Å². The Balaban J connectivity index is 1.72. The lowest BCUT2D eigenvalue weighted by Crippen LogP contribution is -1.84. The first kappa shape index (κ1) is 20.7. The third-order valence-electron chi connectivity index (χ3n) is 4.63. The van der Waals surface area contributed by atoms with E-state index in [0.29, 0.717) is 0 Å². The fraction of sp³-hybridized carbons (Fsp3) is 0.727. The van der Waals surface area contributed by atoms with Crippen LogP contribution in [0.1, 0.15) is 96.0 Å². The Morgan fingerprint density at radius 2 is 1.09 bits per heavy atom. The molecule has 0 amide bonds. The summed E-state index contributed by atoms with van der Waals surface area (Å²) >= 11 is 0. The predicted octanol–water partition coefficient (Wildman–Crippen LogP) is 7.96. The lowest BCUT2D eigenvalue weighted by molar-refractivity contribution is 0.543. The Labute approximate surface area is 147 Å². The quantitative estimate of drug-likeness (QED) is 0.212. The van der Waals surface area contributed by atoms with Gasteiger partial charge in [0.1, 0.15) is 0 Å². The van der Waals surface area contributed by atoms with Gasteiger partial charge in [0, 0.05) is 0 Å². The van der Waals surface area contributed by atoms with Crippen LogP contribution in [0, 0.1) is 0 Å². The highest BCUT2D eigenvalue weighted by molar-refractivity contribution is 7.37. The van der Waals surface area contributed by atoms with Gasteiger partial charge in [-0.15, -0.1) is 8.58 Å². The van der Waals surface area contributed by atoms with E-state index in [-0.39, 0.29) is 0 Å². The number of unbranched alkanes of at least 4 members (excludes halogenated alkanes) is 12. The summed E-state index contributed by atoms with van der Waals surface area (Å²) in [6.45, 7) is 2.30. The third kappa shape index (κ3) is 13.8. The highest BCUT2D eigenvalue weighted by atomic mass is 31.1. The molecule has 0 aromatic heterocycles. The van der Waals surface area contributed by atoms with E-state index in [1.807, 2.05) is 0 Å². The molecule has 0 aliphatic heterocycles. The molecular weight excluding hydrogens is 295 g/mol. The van der Waals surface area contributed by atoms with Crippen LogP contribution in [0.25, 0.3) is 0 Å². The summed E-state index contributed by atoms with van der Waals surface area (Å²) in [5, 5.41) is 0. The normalized spacial score (nSPS) is 11.5. The molecule has 0 bridgehead atoms. The van der Waals surface area contributed by atoms with Gasteiger partial charge in [-0.2, -0.15) is 0 Å². The van der Waals surface area contributed by atoms with Gasteiger partial charge in [0.15, 0.2) is 0 Å². The minimum atomic E-state index is 1.12. The lowest BCUT2D eigenvalue weighted by Gasteiger charge is -2.04. The van der Waals surface area contributed by atoms with Gasteiger partial charge in [0.05, 0.1) is 0 Å². The Morgan fingerprint density at radius 3 is 1.61 bits per heavy atom. The van der Waals surface area contributed by atoms with Crippen molar-refractivity contribution in [2.24, 2.45) is 0 Å². The Hall–Kier alpha value is -0.350. The molecule has 23 heavy (non-hydrogen) atoms. The molecule has 1 atom stereocenters. The molecule has 0 spiro atoms. The van der Waals surface area contributed by atoms with Gasteiger partial charge in [-0.25, -0.2) is 0 Å². The molecule has 1 rings (SSSR count). The molecule has 0 fully saturated rings. The summed E-state index contributed by atoms with van der Waals surface area (Å²) < 4.78 is 0. The van der Waals surface area contributed by atoms with E-state index < -0.39 is 0 Å². The average Bonchev–Trinajstić information content (AvgIpc) is 2.59. The molecule has 0 radical (unpaired) electrons. The van der Waals surface area contributed by atoms with E-state index in [2.05, 4.69) is 37.3 Å². The maximum atomic E-state index is 2.30. The van der Waals surface area contributed by atoms with E-state index in [4.69, 9.17) is 0 Å². The lowest BCUT2D eigenvalue weighted by atomic mass is 10.1. The van der Waals surface area contributed by atoms with E-state index in [9.17, 15) is 0 Å². The monoisotopic (exact) mass is 334 g/mol. The van der Waals surface area contributed by atoms with Gasteiger partial charge in [-0.1, -0.05) is 114 Å². The third-order valence-corrected chi connectivity index (χ3v) is 5.99. The molecule has 1 heteroatoms. The van der Waals surface area contributed by atoms with E-state index >= 15 is 0 Å². The van der Waals surface area contributed by atoms with Crippen LogP contribution in [-0.2, 0) is 6.16 Å². The van der Waals surface area contributed by atoms with Crippen molar-refractivity contribution in [2.45, 2.75) is 96.6 Å². The number of hydrogen-bond acceptors (Lipinski definition) is 0. The predicted molar refractivity (Wildman–Crippen MR) is 109 cm³/mol. The van der Waals surface area contributed by atoms with Crippen LogP contribution in [0.15, 0.2) is 30.3 Å². The minimum Gasteiger partial charge on any atom is -0.118 e. The summed E-state index contributed by atoms with van der Waals surface area (Å²) in [5.74, 6) is 0. The molecule has 0 aliphatic rings. The Bertz CT molecular complexity index is 333. The molecule has 1 unspecified atom stereocenters. The van der Waals surface area contributed by atoms with Crippen LogP contribution in [0.3, 0.4) is 0 Å². The van der Waals surface area contributed by atoms with Crippen LogP contribution in [0.4, 0.5) is 0 Å². The number of rotatable bonds is 16. The van der Waals surface area contributed by atoms with Crippen LogP contribution in [-0.4, -0.2) is 6.16 Å². The van der Waals surface area contributed by atoms with Gasteiger partial charge in [-0.05, 0) is 24.3 Å². The Kier molecular flexibility index (Phi) is 14.9. The first-order valence-corrected chi connectivity index (χ1v) is 11.6. The standard InChI is InChI=1S/C22H39P/c1-2-3-4-5-6-7-8-9-10-11-12-13-17-20-23-21-22-18-15-14-16-19-22/h14-16,18-19,23H,2-13,17,20-21H2,1H3. The van der Waals surface area contributed by atoms with Crippen molar-refractivity contribution in [3.8, 4) is 0 Å². The molecule has 132 valence electrons. The van der Waals surface area contributed by atoms with Crippen LogP contribution >= 0.6 is 8.58 Å². The molecular formula is C22H39P. The molecule has 1 aromatic carbocycles. The van der Waals surface area contributed by atoms with Crippen molar-refractivity contribution in [1.29, 1.82) is 0 Å². The summed E-state index contributed by atoms with van der Waals surface area (Å²) in [6.07, 6.45) is 21.7. The van der Waals surface area contributed by atoms with Crippen molar-refractivity contribution in [3.63, 3.8) is 0 Å². The van der Waals surface area contributed by atoms with Gasteiger partial charge in [0.25, 0.3) is 0 Å². The van der Waals surface area contributed by atoms with Crippen LogP contribution in [0.5, 0.6) is 0 Å². The molecule has 0 saturated heterocycles. The molecule has 0 aliphatic carbocycles. The fourth-order valence-electron chi connectivity index (χ4n) is 3.10. The van der Waals surface area contributed by atoms with Gasteiger partial charge >= 0.3 is 0 Å². The maximum Gasteiger partial charge on any atom is -0.0101 e. The molecule has 0 N–H and O–H groups in total. The second-order valence-corrected chi connectivity index (χ2v) is 8.26. The van der Waals surface area contributed by atoms with Crippen LogP contribution < -0.4 is 0 Å². The first-order valence-electron chi connectivity index (χ1n) is 10.2. The summed E-state index contributed by atoms with van der Waals surface area (Å²) in [6, 6.07) is 10.9. The highest BCUT2D eigenvalue weighted by Gasteiger charge is 1.95. The van der Waals surface area contributed by atoms with Crippen molar-refractivity contribution < 1.29 is 0 Å². The molecule has 1 aromatic rings. The smallest absolute Gasteiger partial charge is 0.0101 e. The zero-order valence-electron chi connectivity index (χ0n) is 15.5.